The molecule has 1 saturated heterocycles. The fourth-order valence-corrected chi connectivity index (χ4v) is 1.84. The molecule has 0 bridgehead atoms. The molecule has 2 rings (SSSR count). The predicted octanol–water partition coefficient (Wildman–Crippen LogP) is -0.776. The molecule has 0 spiro atoms. The molecule has 1 aromatic heterocycles. The van der Waals surface area contributed by atoms with Crippen molar-refractivity contribution in [2.24, 2.45) is 0 Å². The van der Waals surface area contributed by atoms with Crippen molar-refractivity contribution in [3.8, 4) is 0 Å². The van der Waals surface area contributed by atoms with Crippen LogP contribution in [-0.4, -0.2) is 28.0 Å². The summed E-state index contributed by atoms with van der Waals surface area (Å²) >= 11 is 0. The topological polar surface area (TPSA) is 86.5 Å². The van der Waals surface area contributed by atoms with Gasteiger partial charge in [0.1, 0.15) is 0 Å². The van der Waals surface area contributed by atoms with Gasteiger partial charge in [-0.05, 0) is 13.3 Å². The van der Waals surface area contributed by atoms with Crippen LogP contribution in [0.2, 0.25) is 0 Å². The third-order valence-electron chi connectivity index (χ3n) is 2.60. The summed E-state index contributed by atoms with van der Waals surface area (Å²) in [5.41, 5.74) is 0.701. The summed E-state index contributed by atoms with van der Waals surface area (Å²) in [6.45, 7) is 1.90. The summed E-state index contributed by atoms with van der Waals surface area (Å²) in [4.78, 5) is 23.5. The van der Waals surface area contributed by atoms with E-state index in [0.717, 1.165) is 0 Å². The highest BCUT2D eigenvalue weighted by Gasteiger charge is 2.32. The molecule has 1 aromatic rings. The number of hydrogen-bond donors (Lipinski definition) is 0. The van der Waals surface area contributed by atoms with E-state index in [1.807, 2.05) is 0 Å². The lowest BCUT2D eigenvalue weighted by Crippen LogP contribution is -2.45. The van der Waals surface area contributed by atoms with Gasteiger partial charge in [0, 0.05) is 12.5 Å². The van der Waals surface area contributed by atoms with E-state index in [-0.39, 0.29) is 18.9 Å². The van der Waals surface area contributed by atoms with Gasteiger partial charge in [-0.2, -0.15) is 0 Å². The van der Waals surface area contributed by atoms with Crippen molar-refractivity contribution in [1.29, 1.82) is 0 Å². The first-order chi connectivity index (χ1) is 7.58. The first-order valence-corrected chi connectivity index (χ1v) is 5.00. The number of hydrogen-bond acceptors (Lipinski definition) is 5. The maximum absolute atomic E-state index is 11.5. The molecule has 86 valence electrons. The first-order valence-electron chi connectivity index (χ1n) is 5.00. The van der Waals surface area contributed by atoms with E-state index in [0.29, 0.717) is 17.9 Å². The lowest BCUT2D eigenvalue weighted by Gasteiger charge is -2.24. The summed E-state index contributed by atoms with van der Waals surface area (Å²) in [6.07, 6.45) is 0.542. The van der Waals surface area contributed by atoms with Crippen molar-refractivity contribution >= 4 is 11.9 Å². The molecule has 1 fully saturated rings. The van der Waals surface area contributed by atoms with Crippen LogP contribution < -0.4 is 5.11 Å². The highest BCUT2D eigenvalue weighted by molar-refractivity contribution is 5.86. The number of carboxylic acid groups (broad SMARTS) is 1. The van der Waals surface area contributed by atoms with Crippen LogP contribution in [0, 0.1) is 6.92 Å². The molecule has 1 amide bonds. The van der Waals surface area contributed by atoms with E-state index in [9.17, 15) is 14.7 Å². The Morgan fingerprint density at radius 1 is 1.75 bits per heavy atom. The molecule has 1 aliphatic heterocycles. The molecule has 0 saturated carbocycles. The van der Waals surface area contributed by atoms with E-state index < -0.39 is 12.0 Å². The number of likely N-dealkylation sites (tertiary alicyclic amines) is 1. The number of carbonyl (C=O) groups is 2. The monoisotopic (exact) mass is 223 g/mol. The molecule has 0 N–H and O–H groups in total. The lowest BCUT2D eigenvalue weighted by molar-refractivity contribution is -0.310. The summed E-state index contributed by atoms with van der Waals surface area (Å²) < 4.78 is 4.95. The van der Waals surface area contributed by atoms with Gasteiger partial charge in [-0.3, -0.25) is 4.79 Å². The number of amides is 1. The Labute approximate surface area is 91.8 Å². The Balaban J connectivity index is 2.12. The second kappa shape index (κ2) is 3.96. The first kappa shape index (κ1) is 10.7. The minimum absolute atomic E-state index is 0.137. The Morgan fingerprint density at radius 3 is 3.06 bits per heavy atom. The number of nitrogens with zero attached hydrogens (tertiary/aromatic N) is 2. The van der Waals surface area contributed by atoms with Gasteiger partial charge in [0.15, 0.2) is 5.76 Å². The summed E-state index contributed by atoms with van der Waals surface area (Å²) in [5, 5.41) is 14.5. The van der Waals surface area contributed by atoms with Gasteiger partial charge in [-0.15, -0.1) is 0 Å². The SMILES string of the molecule is Cc1cc(CN2C(=O)CCC2C(=O)[O-])on1. The van der Waals surface area contributed by atoms with Crippen molar-refractivity contribution in [3.63, 3.8) is 0 Å². The fourth-order valence-electron chi connectivity index (χ4n) is 1.84. The summed E-state index contributed by atoms with van der Waals surface area (Å²) in [6, 6.07) is 0.829. The van der Waals surface area contributed by atoms with Gasteiger partial charge in [-0.25, -0.2) is 0 Å². The number of aromatic nitrogens is 1. The zero-order valence-electron chi connectivity index (χ0n) is 8.80. The normalized spacial score (nSPS) is 20.4. The molecule has 0 aliphatic carbocycles. The van der Waals surface area contributed by atoms with E-state index in [4.69, 9.17) is 4.52 Å². The predicted molar refractivity (Wildman–Crippen MR) is 49.8 cm³/mol. The van der Waals surface area contributed by atoms with Crippen LogP contribution in [0.25, 0.3) is 0 Å². The van der Waals surface area contributed by atoms with Crippen molar-refractivity contribution in [2.75, 3.05) is 0 Å². The number of aliphatic carboxylic acids is 1. The van der Waals surface area contributed by atoms with Crippen molar-refractivity contribution in [2.45, 2.75) is 32.4 Å². The maximum Gasteiger partial charge on any atom is 0.223 e. The second-order valence-electron chi connectivity index (χ2n) is 3.83. The van der Waals surface area contributed by atoms with Gasteiger partial charge >= 0.3 is 0 Å². The highest BCUT2D eigenvalue weighted by atomic mass is 16.5. The second-order valence-corrected chi connectivity index (χ2v) is 3.83. The van der Waals surface area contributed by atoms with Gasteiger partial charge in [0.25, 0.3) is 0 Å². The number of carboxylic acids is 1. The van der Waals surface area contributed by atoms with Crippen LogP contribution in [0.15, 0.2) is 10.6 Å². The molecule has 1 aliphatic rings. The third-order valence-corrected chi connectivity index (χ3v) is 2.60. The Kier molecular flexibility index (Phi) is 2.64. The molecule has 1 atom stereocenters. The Morgan fingerprint density at radius 2 is 2.50 bits per heavy atom. The largest absolute Gasteiger partial charge is 0.548 e. The average Bonchev–Trinajstić information content (AvgIpc) is 2.76. The molecular formula is C10H11N2O4-. The maximum atomic E-state index is 11.5. The van der Waals surface area contributed by atoms with Crippen molar-refractivity contribution < 1.29 is 19.2 Å². The van der Waals surface area contributed by atoms with E-state index in [2.05, 4.69) is 5.16 Å². The van der Waals surface area contributed by atoms with Crippen molar-refractivity contribution in [1.82, 2.24) is 10.1 Å². The van der Waals surface area contributed by atoms with Crippen LogP contribution in [0.4, 0.5) is 0 Å². The van der Waals surface area contributed by atoms with Crippen LogP contribution in [0.1, 0.15) is 24.3 Å². The van der Waals surface area contributed by atoms with Crippen LogP contribution in [-0.2, 0) is 16.1 Å². The summed E-state index contributed by atoms with van der Waals surface area (Å²) in [5.74, 6) is -0.927. The van der Waals surface area contributed by atoms with E-state index in [1.165, 1.54) is 4.90 Å². The molecule has 0 aromatic carbocycles. The molecule has 2 heterocycles. The Hall–Kier alpha value is -1.85. The minimum Gasteiger partial charge on any atom is -0.548 e. The van der Waals surface area contributed by atoms with Gasteiger partial charge in [-0.1, -0.05) is 5.16 Å². The Bertz CT molecular complexity index is 426. The zero-order chi connectivity index (χ0) is 11.7. The third kappa shape index (κ3) is 1.91. The van der Waals surface area contributed by atoms with Gasteiger partial charge in [0.2, 0.25) is 5.91 Å². The zero-order valence-corrected chi connectivity index (χ0v) is 8.80. The van der Waals surface area contributed by atoms with Gasteiger partial charge < -0.3 is 19.3 Å². The molecule has 6 nitrogen and oxygen atoms in total. The highest BCUT2D eigenvalue weighted by Crippen LogP contribution is 2.21. The fraction of sp³-hybridized carbons (Fsp3) is 0.500. The van der Waals surface area contributed by atoms with Crippen LogP contribution in [0.3, 0.4) is 0 Å². The number of carbonyl (C=O) groups excluding carboxylic acids is 2. The summed E-state index contributed by atoms with van der Waals surface area (Å²) in [7, 11) is 0. The van der Waals surface area contributed by atoms with E-state index >= 15 is 0 Å². The molecule has 16 heavy (non-hydrogen) atoms. The van der Waals surface area contributed by atoms with Crippen LogP contribution >= 0.6 is 0 Å². The standard InChI is InChI=1S/C10H12N2O4/c1-6-4-7(16-11-6)5-12-8(10(14)15)2-3-9(12)13/h4,8H,2-3,5H2,1H3,(H,14,15)/p-1. The van der Waals surface area contributed by atoms with Gasteiger partial charge in [0.05, 0.1) is 24.2 Å². The molecule has 0 radical (unpaired) electrons. The molecule has 1 unspecified atom stereocenters. The lowest BCUT2D eigenvalue weighted by atomic mass is 10.2. The minimum atomic E-state index is -1.22. The van der Waals surface area contributed by atoms with Crippen LogP contribution in [0.5, 0.6) is 0 Å². The number of rotatable bonds is 3. The van der Waals surface area contributed by atoms with Crippen molar-refractivity contribution in [3.05, 3.63) is 17.5 Å². The molecule has 6 heteroatoms. The smallest absolute Gasteiger partial charge is 0.223 e. The number of aryl methyl sites for hydroxylation is 1. The van der Waals surface area contributed by atoms with E-state index in [1.54, 1.807) is 13.0 Å². The quantitative estimate of drug-likeness (QED) is 0.671. The molecular weight excluding hydrogens is 212 g/mol. The average molecular weight is 223 g/mol.